The van der Waals surface area contributed by atoms with Crippen molar-refractivity contribution in [3.8, 4) is 0 Å². The number of ether oxygens (including phenoxy) is 2. The van der Waals surface area contributed by atoms with Crippen LogP contribution in [0.1, 0.15) is 26.2 Å². The molecule has 0 spiro atoms. The Balaban J connectivity index is 2.28. The third kappa shape index (κ3) is 4.07. The molecule has 1 aliphatic heterocycles. The van der Waals surface area contributed by atoms with Crippen LogP contribution in [0.4, 0.5) is 0 Å². The Kier molecular flexibility index (Phi) is 4.16. The highest BCUT2D eigenvalue weighted by atomic mass is 16.5. The maximum absolute atomic E-state index is 9.90. The molecule has 1 atom stereocenters. The van der Waals surface area contributed by atoms with E-state index in [4.69, 9.17) is 9.47 Å². The molecule has 0 aliphatic carbocycles. The van der Waals surface area contributed by atoms with E-state index in [1.54, 1.807) is 7.11 Å². The molecule has 0 amide bonds. The van der Waals surface area contributed by atoms with Crippen LogP contribution in [0.2, 0.25) is 0 Å². The van der Waals surface area contributed by atoms with E-state index in [2.05, 4.69) is 0 Å². The maximum atomic E-state index is 9.90. The van der Waals surface area contributed by atoms with Gasteiger partial charge in [-0.25, -0.2) is 0 Å². The Hall–Kier alpha value is -0.120. The molecule has 1 fully saturated rings. The summed E-state index contributed by atoms with van der Waals surface area (Å²) in [6.45, 7) is 3.94. The summed E-state index contributed by atoms with van der Waals surface area (Å²) in [5.74, 6) is 0.596. The molecule has 78 valence electrons. The second-order valence-corrected chi connectivity index (χ2v) is 4.19. The average Bonchev–Trinajstić information content (AvgIpc) is 2.04. The molecule has 0 aromatic carbocycles. The molecule has 1 N–H and O–H groups in total. The van der Waals surface area contributed by atoms with E-state index >= 15 is 0 Å². The summed E-state index contributed by atoms with van der Waals surface area (Å²) in [4.78, 5) is 0. The van der Waals surface area contributed by atoms with Crippen molar-refractivity contribution in [2.75, 3.05) is 26.9 Å². The molecule has 13 heavy (non-hydrogen) atoms. The molecule has 1 rings (SSSR count). The summed E-state index contributed by atoms with van der Waals surface area (Å²) < 4.78 is 10.2. The zero-order valence-corrected chi connectivity index (χ0v) is 8.58. The highest BCUT2D eigenvalue weighted by Gasteiger charge is 2.26. The highest BCUT2D eigenvalue weighted by Crippen LogP contribution is 2.25. The van der Waals surface area contributed by atoms with Gasteiger partial charge < -0.3 is 14.6 Å². The quantitative estimate of drug-likeness (QED) is 0.720. The number of hydrogen-bond acceptors (Lipinski definition) is 3. The van der Waals surface area contributed by atoms with Crippen molar-refractivity contribution < 1.29 is 14.6 Å². The van der Waals surface area contributed by atoms with E-state index in [0.717, 1.165) is 32.5 Å². The van der Waals surface area contributed by atoms with Crippen molar-refractivity contribution in [3.05, 3.63) is 0 Å². The Labute approximate surface area is 80.0 Å². The third-order valence-corrected chi connectivity index (χ3v) is 2.52. The molecule has 0 saturated carbocycles. The second-order valence-electron chi connectivity index (χ2n) is 4.19. The summed E-state index contributed by atoms with van der Waals surface area (Å²) in [5, 5.41) is 9.90. The molecular weight excluding hydrogens is 168 g/mol. The fourth-order valence-electron chi connectivity index (χ4n) is 1.94. The molecule has 1 saturated heterocycles. The standard InChI is InChI=1S/C10H20O3/c1-10(11,8-12-2)7-9-3-5-13-6-4-9/h9,11H,3-8H2,1-2H3. The SMILES string of the molecule is COCC(C)(O)CC1CCOCC1. The number of methoxy groups -OCH3 is 1. The minimum absolute atomic E-state index is 0.421. The van der Waals surface area contributed by atoms with E-state index in [9.17, 15) is 5.11 Å². The first kappa shape index (κ1) is 11.0. The van der Waals surface area contributed by atoms with E-state index in [1.807, 2.05) is 6.92 Å². The van der Waals surface area contributed by atoms with Crippen LogP contribution >= 0.6 is 0 Å². The minimum Gasteiger partial charge on any atom is -0.388 e. The Morgan fingerprint density at radius 3 is 2.62 bits per heavy atom. The number of rotatable bonds is 4. The lowest BCUT2D eigenvalue weighted by Gasteiger charge is -2.30. The maximum Gasteiger partial charge on any atom is 0.0854 e. The van der Waals surface area contributed by atoms with Gasteiger partial charge in [-0.3, -0.25) is 0 Å². The molecule has 1 aliphatic rings. The molecule has 1 heterocycles. The van der Waals surface area contributed by atoms with Crippen LogP contribution in [0.5, 0.6) is 0 Å². The van der Waals surface area contributed by atoms with Gasteiger partial charge in [0, 0.05) is 20.3 Å². The van der Waals surface area contributed by atoms with Crippen molar-refractivity contribution in [2.24, 2.45) is 5.92 Å². The topological polar surface area (TPSA) is 38.7 Å². The van der Waals surface area contributed by atoms with Crippen LogP contribution in [0, 0.1) is 5.92 Å². The fourth-order valence-corrected chi connectivity index (χ4v) is 1.94. The van der Waals surface area contributed by atoms with Crippen LogP contribution < -0.4 is 0 Å². The minimum atomic E-state index is -0.670. The Morgan fingerprint density at radius 1 is 1.46 bits per heavy atom. The normalized spacial score (nSPS) is 24.2. The van der Waals surface area contributed by atoms with Gasteiger partial charge in [0.25, 0.3) is 0 Å². The molecule has 1 unspecified atom stereocenters. The summed E-state index contributed by atoms with van der Waals surface area (Å²) in [5.41, 5.74) is -0.670. The molecule has 0 aromatic rings. The smallest absolute Gasteiger partial charge is 0.0854 e. The molecule has 3 heteroatoms. The van der Waals surface area contributed by atoms with Crippen molar-refractivity contribution in [2.45, 2.75) is 31.8 Å². The number of aliphatic hydroxyl groups is 1. The summed E-state index contributed by atoms with van der Waals surface area (Å²) >= 11 is 0. The van der Waals surface area contributed by atoms with Gasteiger partial charge in [0.15, 0.2) is 0 Å². The lowest BCUT2D eigenvalue weighted by Crippen LogP contribution is -2.34. The Bertz CT molecular complexity index is 139. The average molecular weight is 188 g/mol. The van der Waals surface area contributed by atoms with Gasteiger partial charge in [-0.05, 0) is 32.1 Å². The fraction of sp³-hybridized carbons (Fsp3) is 1.00. The Morgan fingerprint density at radius 2 is 2.08 bits per heavy atom. The van der Waals surface area contributed by atoms with E-state index < -0.39 is 5.60 Å². The van der Waals surface area contributed by atoms with Crippen LogP contribution in [0.15, 0.2) is 0 Å². The third-order valence-electron chi connectivity index (χ3n) is 2.52. The van der Waals surface area contributed by atoms with Crippen molar-refractivity contribution in [1.82, 2.24) is 0 Å². The monoisotopic (exact) mass is 188 g/mol. The highest BCUT2D eigenvalue weighted by molar-refractivity contribution is 4.77. The molecule has 0 aromatic heterocycles. The molecular formula is C10H20O3. The second kappa shape index (κ2) is 4.94. The van der Waals surface area contributed by atoms with E-state index in [-0.39, 0.29) is 0 Å². The summed E-state index contributed by atoms with van der Waals surface area (Å²) in [6.07, 6.45) is 2.96. The molecule has 0 radical (unpaired) electrons. The van der Waals surface area contributed by atoms with Gasteiger partial charge in [-0.15, -0.1) is 0 Å². The van der Waals surface area contributed by atoms with Gasteiger partial charge >= 0.3 is 0 Å². The van der Waals surface area contributed by atoms with Crippen LogP contribution in [-0.4, -0.2) is 37.6 Å². The van der Waals surface area contributed by atoms with Gasteiger partial charge in [-0.2, -0.15) is 0 Å². The van der Waals surface area contributed by atoms with E-state index in [0.29, 0.717) is 12.5 Å². The van der Waals surface area contributed by atoms with Gasteiger partial charge in [0.2, 0.25) is 0 Å². The zero-order chi connectivity index (χ0) is 9.73. The van der Waals surface area contributed by atoms with Crippen molar-refractivity contribution >= 4 is 0 Å². The zero-order valence-electron chi connectivity index (χ0n) is 8.58. The van der Waals surface area contributed by atoms with Crippen LogP contribution in [0.25, 0.3) is 0 Å². The van der Waals surface area contributed by atoms with E-state index in [1.165, 1.54) is 0 Å². The van der Waals surface area contributed by atoms with Crippen molar-refractivity contribution in [3.63, 3.8) is 0 Å². The first-order chi connectivity index (χ1) is 6.14. The van der Waals surface area contributed by atoms with Crippen LogP contribution in [0.3, 0.4) is 0 Å². The van der Waals surface area contributed by atoms with Gasteiger partial charge in [0.05, 0.1) is 12.2 Å². The number of hydrogen-bond donors (Lipinski definition) is 1. The molecule has 0 bridgehead atoms. The molecule has 3 nitrogen and oxygen atoms in total. The lowest BCUT2D eigenvalue weighted by molar-refractivity contribution is -0.0466. The predicted molar refractivity (Wildman–Crippen MR) is 50.7 cm³/mol. The van der Waals surface area contributed by atoms with Crippen molar-refractivity contribution in [1.29, 1.82) is 0 Å². The van der Waals surface area contributed by atoms with Gasteiger partial charge in [-0.1, -0.05) is 0 Å². The summed E-state index contributed by atoms with van der Waals surface area (Å²) in [6, 6.07) is 0. The lowest BCUT2D eigenvalue weighted by atomic mass is 9.87. The largest absolute Gasteiger partial charge is 0.388 e. The first-order valence-corrected chi connectivity index (χ1v) is 4.93. The predicted octanol–water partition coefficient (Wildman–Crippen LogP) is 1.20. The van der Waals surface area contributed by atoms with Crippen LogP contribution in [-0.2, 0) is 9.47 Å². The summed E-state index contributed by atoms with van der Waals surface area (Å²) in [7, 11) is 1.62. The van der Waals surface area contributed by atoms with Gasteiger partial charge in [0.1, 0.15) is 0 Å². The first-order valence-electron chi connectivity index (χ1n) is 4.93.